The Bertz CT molecular complexity index is 933. The maximum atomic E-state index is 12.3. The van der Waals surface area contributed by atoms with Gasteiger partial charge in [0, 0.05) is 29.1 Å². The summed E-state index contributed by atoms with van der Waals surface area (Å²) >= 11 is 6.07. The van der Waals surface area contributed by atoms with Gasteiger partial charge in [-0.15, -0.1) is 0 Å². The van der Waals surface area contributed by atoms with Gasteiger partial charge in [0.1, 0.15) is 12.4 Å². The SMILES string of the molecule is C[NH+](C)C1CCOCC1.Cc1ccc(NC(=O)C2=Cc3cc(Cl)cc(C)c3OC2)cc1. The molecule has 2 aromatic carbocycles. The number of carbonyl (C=O) groups excluding carboxylic acids is 1. The van der Waals surface area contributed by atoms with Gasteiger partial charge in [0.2, 0.25) is 0 Å². The van der Waals surface area contributed by atoms with Crippen LogP contribution in [-0.2, 0) is 9.53 Å². The molecule has 0 radical (unpaired) electrons. The molecule has 31 heavy (non-hydrogen) atoms. The first-order chi connectivity index (χ1) is 14.8. The molecule has 4 rings (SSSR count). The van der Waals surface area contributed by atoms with E-state index in [0.717, 1.165) is 47.4 Å². The molecule has 5 nitrogen and oxygen atoms in total. The predicted molar refractivity (Wildman–Crippen MR) is 126 cm³/mol. The minimum absolute atomic E-state index is 0.160. The number of halogens is 1. The second kappa shape index (κ2) is 10.8. The molecule has 0 aromatic heterocycles. The average molecular weight is 444 g/mol. The molecule has 1 amide bonds. The summed E-state index contributed by atoms with van der Waals surface area (Å²) in [6.45, 7) is 6.14. The van der Waals surface area contributed by atoms with Gasteiger partial charge in [-0.1, -0.05) is 29.3 Å². The first kappa shape index (κ1) is 23.3. The van der Waals surface area contributed by atoms with E-state index >= 15 is 0 Å². The molecular weight excluding hydrogens is 412 g/mol. The third kappa shape index (κ3) is 6.57. The number of carbonyl (C=O) groups is 1. The van der Waals surface area contributed by atoms with Crippen molar-refractivity contribution in [1.29, 1.82) is 0 Å². The summed E-state index contributed by atoms with van der Waals surface area (Å²) in [5, 5.41) is 3.51. The van der Waals surface area contributed by atoms with Crippen LogP contribution in [0.4, 0.5) is 5.69 Å². The highest BCUT2D eigenvalue weighted by Crippen LogP contribution is 2.33. The molecule has 1 saturated heterocycles. The molecule has 2 aromatic rings. The summed E-state index contributed by atoms with van der Waals surface area (Å²) < 4.78 is 10.9. The minimum Gasteiger partial charge on any atom is -0.488 e. The summed E-state index contributed by atoms with van der Waals surface area (Å²) in [5.74, 6) is 0.628. The maximum Gasteiger partial charge on any atom is 0.255 e. The van der Waals surface area contributed by atoms with Gasteiger partial charge in [0.05, 0.1) is 38.9 Å². The molecule has 0 unspecified atom stereocenters. The Kier molecular flexibility index (Phi) is 8.13. The zero-order chi connectivity index (χ0) is 22.4. The van der Waals surface area contributed by atoms with Gasteiger partial charge in [-0.3, -0.25) is 4.79 Å². The largest absolute Gasteiger partial charge is 0.488 e. The third-order valence-corrected chi connectivity index (χ3v) is 5.83. The first-order valence-corrected chi connectivity index (χ1v) is 11.1. The highest BCUT2D eigenvalue weighted by molar-refractivity contribution is 6.31. The van der Waals surface area contributed by atoms with Crippen molar-refractivity contribution < 1.29 is 19.2 Å². The fourth-order valence-electron chi connectivity index (χ4n) is 3.69. The van der Waals surface area contributed by atoms with E-state index in [1.165, 1.54) is 12.8 Å². The van der Waals surface area contributed by atoms with Crippen molar-refractivity contribution in [2.24, 2.45) is 0 Å². The van der Waals surface area contributed by atoms with Crippen LogP contribution in [0.25, 0.3) is 6.08 Å². The topological polar surface area (TPSA) is 52.0 Å². The molecule has 166 valence electrons. The molecule has 2 heterocycles. The number of rotatable bonds is 3. The van der Waals surface area contributed by atoms with E-state index in [4.69, 9.17) is 21.1 Å². The standard InChI is InChI=1S/C18H16ClNO2.C7H15NO/c1-11-3-5-16(6-4-11)20-18(21)14-8-13-9-15(19)7-12(2)17(13)22-10-14;1-8(2)7-3-5-9-6-4-7/h3-9H,10H2,1-2H3,(H,20,21);7H,3-6H2,1-2H3/p+1. The van der Waals surface area contributed by atoms with E-state index in [2.05, 4.69) is 19.4 Å². The van der Waals surface area contributed by atoms with E-state index in [-0.39, 0.29) is 12.5 Å². The number of anilines is 1. The highest BCUT2D eigenvalue weighted by atomic mass is 35.5. The van der Waals surface area contributed by atoms with Crippen LogP contribution >= 0.6 is 11.6 Å². The van der Waals surface area contributed by atoms with Crippen LogP contribution in [0.1, 0.15) is 29.5 Å². The summed E-state index contributed by atoms with van der Waals surface area (Å²) in [5.41, 5.74) is 4.30. The Morgan fingerprint density at radius 1 is 1.10 bits per heavy atom. The Hall–Kier alpha value is -2.34. The number of nitrogens with one attached hydrogen (secondary N) is 2. The van der Waals surface area contributed by atoms with E-state index in [0.29, 0.717) is 10.6 Å². The number of quaternary nitrogens is 1. The van der Waals surface area contributed by atoms with Crippen molar-refractivity contribution in [3.63, 3.8) is 0 Å². The fourth-order valence-corrected chi connectivity index (χ4v) is 3.98. The minimum atomic E-state index is -0.160. The van der Waals surface area contributed by atoms with Crippen LogP contribution in [-0.4, -0.2) is 45.9 Å². The molecule has 2 aliphatic heterocycles. The summed E-state index contributed by atoms with van der Waals surface area (Å²) in [4.78, 5) is 13.9. The van der Waals surface area contributed by atoms with Gasteiger partial charge in [0.25, 0.3) is 5.91 Å². The Balaban J connectivity index is 0.000000254. The molecule has 0 atom stereocenters. The van der Waals surface area contributed by atoms with Crippen molar-refractivity contribution >= 4 is 29.3 Å². The smallest absolute Gasteiger partial charge is 0.255 e. The normalized spacial score (nSPS) is 15.9. The van der Waals surface area contributed by atoms with Crippen molar-refractivity contribution in [2.45, 2.75) is 32.7 Å². The second-order valence-corrected chi connectivity index (χ2v) is 8.82. The molecule has 2 aliphatic rings. The number of amides is 1. The van der Waals surface area contributed by atoms with E-state index in [1.807, 2.05) is 56.3 Å². The van der Waals surface area contributed by atoms with Gasteiger partial charge < -0.3 is 19.7 Å². The van der Waals surface area contributed by atoms with Crippen LogP contribution in [0.5, 0.6) is 5.75 Å². The first-order valence-electron chi connectivity index (χ1n) is 10.7. The lowest BCUT2D eigenvalue weighted by Crippen LogP contribution is -3.10. The number of benzene rings is 2. The van der Waals surface area contributed by atoms with Crippen molar-refractivity contribution in [2.75, 3.05) is 39.2 Å². The molecule has 0 spiro atoms. The Morgan fingerprint density at radius 2 is 1.77 bits per heavy atom. The van der Waals surface area contributed by atoms with Crippen LogP contribution in [0.2, 0.25) is 5.02 Å². The van der Waals surface area contributed by atoms with Crippen molar-refractivity contribution in [3.05, 3.63) is 63.7 Å². The zero-order valence-corrected chi connectivity index (χ0v) is 19.5. The molecule has 0 aliphatic carbocycles. The lowest BCUT2D eigenvalue weighted by molar-refractivity contribution is -0.887. The van der Waals surface area contributed by atoms with Crippen LogP contribution in [0.3, 0.4) is 0 Å². The number of fused-ring (bicyclic) bond motifs is 1. The van der Waals surface area contributed by atoms with Gasteiger partial charge in [0.15, 0.2) is 0 Å². The quantitative estimate of drug-likeness (QED) is 0.760. The van der Waals surface area contributed by atoms with Crippen LogP contribution in [0, 0.1) is 13.8 Å². The Labute approximate surface area is 190 Å². The van der Waals surface area contributed by atoms with Gasteiger partial charge >= 0.3 is 0 Å². The van der Waals surface area contributed by atoms with Gasteiger partial charge in [-0.25, -0.2) is 0 Å². The lowest BCUT2D eigenvalue weighted by atomic mass is 10.0. The van der Waals surface area contributed by atoms with Gasteiger partial charge in [-0.05, 0) is 49.8 Å². The van der Waals surface area contributed by atoms with Crippen molar-refractivity contribution in [3.8, 4) is 5.75 Å². The van der Waals surface area contributed by atoms with E-state index < -0.39 is 0 Å². The summed E-state index contributed by atoms with van der Waals surface area (Å²) in [6.07, 6.45) is 4.31. The number of aryl methyl sites for hydroxylation is 2. The highest BCUT2D eigenvalue weighted by Gasteiger charge is 2.19. The van der Waals surface area contributed by atoms with Crippen LogP contribution < -0.4 is 15.0 Å². The van der Waals surface area contributed by atoms with E-state index in [1.54, 1.807) is 4.90 Å². The molecule has 0 bridgehead atoms. The maximum absolute atomic E-state index is 12.3. The summed E-state index contributed by atoms with van der Waals surface area (Å²) in [7, 11) is 4.44. The van der Waals surface area contributed by atoms with Crippen molar-refractivity contribution in [1.82, 2.24) is 0 Å². The van der Waals surface area contributed by atoms with Crippen LogP contribution in [0.15, 0.2) is 42.0 Å². The predicted octanol–water partition coefficient (Wildman–Crippen LogP) is 3.68. The second-order valence-electron chi connectivity index (χ2n) is 8.38. The Morgan fingerprint density at radius 3 is 2.39 bits per heavy atom. The zero-order valence-electron chi connectivity index (χ0n) is 18.8. The molecule has 6 heteroatoms. The number of hydrogen-bond donors (Lipinski definition) is 2. The average Bonchev–Trinajstić information content (AvgIpc) is 2.76. The molecule has 0 saturated carbocycles. The number of hydrogen-bond acceptors (Lipinski definition) is 3. The van der Waals surface area contributed by atoms with Gasteiger partial charge in [-0.2, -0.15) is 0 Å². The summed E-state index contributed by atoms with van der Waals surface area (Å²) in [6, 6.07) is 12.2. The molecular formula is C25H32ClN2O3+. The number of ether oxygens (including phenoxy) is 2. The monoisotopic (exact) mass is 443 g/mol. The lowest BCUT2D eigenvalue weighted by Gasteiger charge is -2.24. The fraction of sp³-hybridized carbons (Fsp3) is 0.400. The van der Waals surface area contributed by atoms with E-state index in [9.17, 15) is 4.79 Å². The molecule has 2 N–H and O–H groups in total. The molecule has 1 fully saturated rings. The third-order valence-electron chi connectivity index (χ3n) is 5.61.